The summed E-state index contributed by atoms with van der Waals surface area (Å²) in [6.07, 6.45) is 3.14. The second-order valence-corrected chi connectivity index (χ2v) is 5.66. The molecule has 0 aliphatic carbocycles. The topological polar surface area (TPSA) is 65.7 Å². The predicted octanol–water partition coefficient (Wildman–Crippen LogP) is 1.88. The molecule has 0 radical (unpaired) electrons. The van der Waals surface area contributed by atoms with Crippen molar-refractivity contribution in [3.63, 3.8) is 0 Å². The molecule has 0 unspecified atom stereocenters. The Kier molecular flexibility index (Phi) is 4.98. The maximum Gasteiger partial charge on any atom is 0.289 e. The third-order valence-corrected chi connectivity index (χ3v) is 4.35. The number of carbonyl (C=O) groups is 1. The van der Waals surface area contributed by atoms with Gasteiger partial charge in [-0.05, 0) is 26.0 Å². The van der Waals surface area contributed by atoms with Gasteiger partial charge in [-0.2, -0.15) is 0 Å². The molecule has 0 atom stereocenters. The van der Waals surface area contributed by atoms with Crippen molar-refractivity contribution in [3.05, 3.63) is 36.5 Å². The van der Waals surface area contributed by atoms with Crippen molar-refractivity contribution in [2.24, 2.45) is 0 Å². The van der Waals surface area contributed by atoms with Crippen LogP contribution in [0.25, 0.3) is 0 Å². The maximum atomic E-state index is 12.3. The zero-order valence-electron chi connectivity index (χ0n) is 14.2. The fourth-order valence-corrected chi connectivity index (χ4v) is 2.93. The number of amides is 1. The fraction of sp³-hybridized carbons (Fsp3) is 0.471. The molecule has 1 aliphatic heterocycles. The van der Waals surface area contributed by atoms with Gasteiger partial charge >= 0.3 is 0 Å². The first kappa shape index (κ1) is 16.3. The van der Waals surface area contributed by atoms with Crippen LogP contribution in [0, 0.1) is 0 Å². The van der Waals surface area contributed by atoms with E-state index < -0.39 is 0 Å². The quantitative estimate of drug-likeness (QED) is 0.834. The third-order valence-electron chi connectivity index (χ3n) is 4.35. The van der Waals surface area contributed by atoms with Crippen molar-refractivity contribution in [1.29, 1.82) is 0 Å². The Hall–Kier alpha value is -2.57. The molecule has 0 bridgehead atoms. The van der Waals surface area contributed by atoms with Crippen molar-refractivity contribution in [3.8, 4) is 0 Å². The molecule has 1 amide bonds. The summed E-state index contributed by atoms with van der Waals surface area (Å²) in [4.78, 5) is 27.3. The van der Waals surface area contributed by atoms with Gasteiger partial charge in [-0.15, -0.1) is 0 Å². The zero-order valence-corrected chi connectivity index (χ0v) is 14.2. The first-order valence-corrected chi connectivity index (χ1v) is 8.37. The molecular weight excluding hydrogens is 306 g/mol. The summed E-state index contributed by atoms with van der Waals surface area (Å²) >= 11 is 0. The molecule has 7 heteroatoms. The summed E-state index contributed by atoms with van der Waals surface area (Å²) in [5.74, 6) is 2.21. The number of carbonyl (C=O) groups excluding carboxylic acids is 1. The molecule has 24 heavy (non-hydrogen) atoms. The lowest BCUT2D eigenvalue weighted by atomic mass is 10.2. The van der Waals surface area contributed by atoms with E-state index in [1.807, 2.05) is 11.0 Å². The Morgan fingerprint density at radius 2 is 1.96 bits per heavy atom. The van der Waals surface area contributed by atoms with Crippen molar-refractivity contribution in [2.75, 3.05) is 49.1 Å². The van der Waals surface area contributed by atoms with E-state index >= 15 is 0 Å². The number of hydrogen-bond donors (Lipinski definition) is 0. The lowest BCUT2D eigenvalue weighted by molar-refractivity contribution is 0.0714. The van der Waals surface area contributed by atoms with Gasteiger partial charge in [-0.25, -0.2) is 9.97 Å². The fourth-order valence-electron chi connectivity index (χ4n) is 2.93. The van der Waals surface area contributed by atoms with Gasteiger partial charge in [-0.1, -0.05) is 0 Å². The van der Waals surface area contributed by atoms with Gasteiger partial charge in [0.15, 0.2) is 5.76 Å². The van der Waals surface area contributed by atoms with Crippen molar-refractivity contribution in [2.45, 2.75) is 13.8 Å². The first-order valence-electron chi connectivity index (χ1n) is 8.37. The van der Waals surface area contributed by atoms with Gasteiger partial charge in [-0.3, -0.25) is 4.79 Å². The smallest absolute Gasteiger partial charge is 0.289 e. The summed E-state index contributed by atoms with van der Waals surface area (Å²) < 4.78 is 5.20. The van der Waals surface area contributed by atoms with Crippen LogP contribution in [0.15, 0.2) is 35.2 Å². The molecule has 3 heterocycles. The van der Waals surface area contributed by atoms with Gasteiger partial charge in [0.1, 0.15) is 18.0 Å². The van der Waals surface area contributed by atoms with Crippen molar-refractivity contribution < 1.29 is 9.21 Å². The van der Waals surface area contributed by atoms with E-state index in [9.17, 15) is 4.79 Å². The van der Waals surface area contributed by atoms with Crippen LogP contribution < -0.4 is 9.80 Å². The minimum atomic E-state index is -0.0498. The molecule has 7 nitrogen and oxygen atoms in total. The second-order valence-electron chi connectivity index (χ2n) is 5.66. The van der Waals surface area contributed by atoms with Crippen LogP contribution in [0.5, 0.6) is 0 Å². The largest absolute Gasteiger partial charge is 0.459 e. The van der Waals surface area contributed by atoms with Gasteiger partial charge < -0.3 is 19.1 Å². The molecule has 0 aromatic carbocycles. The zero-order chi connectivity index (χ0) is 16.9. The van der Waals surface area contributed by atoms with E-state index in [1.165, 1.54) is 6.26 Å². The second kappa shape index (κ2) is 7.33. The highest BCUT2D eigenvalue weighted by molar-refractivity contribution is 5.91. The predicted molar refractivity (Wildman–Crippen MR) is 92.4 cm³/mol. The Bertz CT molecular complexity index is 661. The summed E-state index contributed by atoms with van der Waals surface area (Å²) in [6, 6.07) is 5.46. The number of piperazine rings is 1. The number of furan rings is 1. The molecule has 3 rings (SSSR count). The minimum absolute atomic E-state index is 0.0498. The summed E-state index contributed by atoms with van der Waals surface area (Å²) in [7, 11) is 0. The van der Waals surface area contributed by atoms with Gasteiger partial charge in [0.05, 0.1) is 6.26 Å². The molecule has 0 N–H and O–H groups in total. The molecule has 1 fully saturated rings. The summed E-state index contributed by atoms with van der Waals surface area (Å²) in [5, 5.41) is 0. The van der Waals surface area contributed by atoms with E-state index in [4.69, 9.17) is 4.42 Å². The molecule has 0 spiro atoms. The van der Waals surface area contributed by atoms with Crippen LogP contribution in [0.4, 0.5) is 11.6 Å². The van der Waals surface area contributed by atoms with Crippen LogP contribution in [-0.2, 0) is 0 Å². The molecular formula is C17H23N5O2. The van der Waals surface area contributed by atoms with Gasteiger partial charge in [0, 0.05) is 45.3 Å². The number of aromatic nitrogens is 2. The Labute approximate surface area is 141 Å². The van der Waals surface area contributed by atoms with Crippen LogP contribution in [0.3, 0.4) is 0 Å². The van der Waals surface area contributed by atoms with E-state index in [1.54, 1.807) is 18.5 Å². The summed E-state index contributed by atoms with van der Waals surface area (Å²) in [6.45, 7) is 8.88. The lowest BCUT2D eigenvalue weighted by Gasteiger charge is -2.35. The Balaban J connectivity index is 1.64. The SMILES string of the molecule is CCN(CC)c1cc(N2CCN(C(=O)c3ccco3)CC2)ncn1. The summed E-state index contributed by atoms with van der Waals surface area (Å²) in [5.41, 5.74) is 0. The lowest BCUT2D eigenvalue weighted by Crippen LogP contribution is -2.49. The third kappa shape index (κ3) is 3.34. The van der Waals surface area contributed by atoms with Crippen LogP contribution in [0.2, 0.25) is 0 Å². The average Bonchev–Trinajstić information content (AvgIpc) is 3.17. The van der Waals surface area contributed by atoms with E-state index in [0.29, 0.717) is 18.8 Å². The average molecular weight is 329 g/mol. The molecule has 128 valence electrons. The minimum Gasteiger partial charge on any atom is -0.459 e. The van der Waals surface area contributed by atoms with Gasteiger partial charge in [0.2, 0.25) is 0 Å². The molecule has 0 saturated carbocycles. The number of anilines is 2. The highest BCUT2D eigenvalue weighted by Crippen LogP contribution is 2.19. The monoisotopic (exact) mass is 329 g/mol. The maximum absolute atomic E-state index is 12.3. The normalized spacial score (nSPS) is 14.8. The highest BCUT2D eigenvalue weighted by Gasteiger charge is 2.24. The molecule has 2 aromatic rings. The Morgan fingerprint density at radius 1 is 1.21 bits per heavy atom. The van der Waals surface area contributed by atoms with E-state index in [2.05, 4.69) is 33.6 Å². The number of nitrogens with zero attached hydrogens (tertiary/aromatic N) is 5. The van der Waals surface area contributed by atoms with E-state index in [-0.39, 0.29) is 5.91 Å². The first-order chi connectivity index (χ1) is 11.7. The van der Waals surface area contributed by atoms with Crippen molar-refractivity contribution >= 4 is 17.5 Å². The van der Waals surface area contributed by atoms with Crippen LogP contribution >= 0.6 is 0 Å². The molecule has 2 aromatic heterocycles. The van der Waals surface area contributed by atoms with Crippen LogP contribution in [0.1, 0.15) is 24.4 Å². The highest BCUT2D eigenvalue weighted by atomic mass is 16.3. The van der Waals surface area contributed by atoms with Crippen molar-refractivity contribution in [1.82, 2.24) is 14.9 Å². The number of hydrogen-bond acceptors (Lipinski definition) is 6. The Morgan fingerprint density at radius 3 is 2.58 bits per heavy atom. The van der Waals surface area contributed by atoms with Crippen LogP contribution in [-0.4, -0.2) is 60.0 Å². The molecule has 1 saturated heterocycles. The van der Waals surface area contributed by atoms with Gasteiger partial charge in [0.25, 0.3) is 5.91 Å². The molecule has 1 aliphatic rings. The standard InChI is InChI=1S/C17H23N5O2/c1-3-20(4-2)15-12-16(19-13-18-15)21-7-9-22(10-8-21)17(23)14-6-5-11-24-14/h5-6,11-13H,3-4,7-10H2,1-2H3. The number of rotatable bonds is 5. The van der Waals surface area contributed by atoms with E-state index in [0.717, 1.165) is 37.8 Å².